The molecule has 1 heterocycles. The van der Waals surface area contributed by atoms with E-state index in [0.29, 0.717) is 6.42 Å². The molecule has 3 N–H and O–H groups in total. The predicted octanol–water partition coefficient (Wildman–Crippen LogP) is 2.79. The number of furan rings is 1. The zero-order valence-electron chi connectivity index (χ0n) is 17.2. The number of nitrogens with one attached hydrogen (secondary N) is 3. The summed E-state index contributed by atoms with van der Waals surface area (Å²) < 4.78 is 5.07. The number of rotatable bonds is 6. The molecule has 4 fully saturated rings. The van der Waals surface area contributed by atoms with Gasteiger partial charge >= 0.3 is 0 Å². The summed E-state index contributed by atoms with van der Waals surface area (Å²) in [6, 6.07) is 2.38. The van der Waals surface area contributed by atoms with Crippen molar-refractivity contribution in [3.05, 3.63) is 24.2 Å². The van der Waals surface area contributed by atoms with Crippen molar-refractivity contribution in [3.63, 3.8) is 0 Å². The molecule has 0 unspecified atom stereocenters. The molecular weight excluding hydrogens is 370 g/mol. The van der Waals surface area contributed by atoms with Gasteiger partial charge in [-0.15, -0.1) is 0 Å². The van der Waals surface area contributed by atoms with E-state index in [2.05, 4.69) is 16.2 Å². The second-order valence-corrected chi connectivity index (χ2v) is 9.80. The van der Waals surface area contributed by atoms with Crippen LogP contribution in [0.1, 0.15) is 69.3 Å². The standard InChI is InChI=1S/C22H31N3O4/c1-13(2)19(23-20(27)17-4-3-5-29-17)21(28)25-24-18(26)12-22-9-14-6-15(10-22)8-16(7-14)11-22/h3-5,13-16,19H,6-12H2,1-2H3,(H,23,27)(H,24,26)(H,25,28)/t14?,15?,16?,19-,22?/m0/s1. The fraction of sp³-hybridized carbons (Fsp3) is 0.682. The Hall–Kier alpha value is -2.31. The van der Waals surface area contributed by atoms with Crippen LogP contribution in [0.3, 0.4) is 0 Å². The van der Waals surface area contributed by atoms with Crippen LogP contribution in [-0.4, -0.2) is 23.8 Å². The Morgan fingerprint density at radius 1 is 1.07 bits per heavy atom. The lowest BCUT2D eigenvalue weighted by molar-refractivity contribution is -0.135. The maximum atomic E-state index is 12.6. The molecule has 7 nitrogen and oxygen atoms in total. The third kappa shape index (κ3) is 4.33. The molecule has 4 aliphatic rings. The van der Waals surface area contributed by atoms with Gasteiger partial charge in [0.1, 0.15) is 6.04 Å². The fourth-order valence-electron chi connectivity index (χ4n) is 6.26. The number of carbonyl (C=O) groups excluding carboxylic acids is 3. The van der Waals surface area contributed by atoms with Crippen LogP contribution in [0.25, 0.3) is 0 Å². The molecule has 0 radical (unpaired) electrons. The summed E-state index contributed by atoms with van der Waals surface area (Å²) in [6.45, 7) is 3.67. The van der Waals surface area contributed by atoms with Gasteiger partial charge in [0.15, 0.2) is 5.76 Å². The third-order valence-corrected chi connectivity index (χ3v) is 7.01. The lowest BCUT2D eigenvalue weighted by Crippen LogP contribution is -2.55. The maximum Gasteiger partial charge on any atom is 0.287 e. The molecular formula is C22H31N3O4. The third-order valence-electron chi connectivity index (χ3n) is 7.01. The Kier molecular flexibility index (Phi) is 5.40. The largest absolute Gasteiger partial charge is 0.459 e. The Morgan fingerprint density at radius 3 is 2.21 bits per heavy atom. The van der Waals surface area contributed by atoms with Crippen LogP contribution in [0.4, 0.5) is 0 Å². The van der Waals surface area contributed by atoms with Crippen LogP contribution < -0.4 is 16.2 Å². The molecule has 0 spiro atoms. The first-order chi connectivity index (χ1) is 13.8. The molecule has 29 heavy (non-hydrogen) atoms. The van der Waals surface area contributed by atoms with Crippen LogP contribution in [0.2, 0.25) is 0 Å². The van der Waals surface area contributed by atoms with Crippen molar-refractivity contribution in [1.82, 2.24) is 16.2 Å². The molecule has 0 saturated heterocycles. The average Bonchev–Trinajstić information content (AvgIpc) is 3.17. The monoisotopic (exact) mass is 401 g/mol. The van der Waals surface area contributed by atoms with Gasteiger partial charge < -0.3 is 9.73 Å². The van der Waals surface area contributed by atoms with E-state index in [1.165, 1.54) is 31.6 Å². The van der Waals surface area contributed by atoms with Gasteiger partial charge in [-0.25, -0.2) is 0 Å². The van der Waals surface area contributed by atoms with Crippen LogP contribution in [0.5, 0.6) is 0 Å². The van der Waals surface area contributed by atoms with Gasteiger partial charge in [-0.2, -0.15) is 0 Å². The van der Waals surface area contributed by atoms with E-state index in [-0.39, 0.29) is 23.0 Å². The van der Waals surface area contributed by atoms with Crippen LogP contribution in [0, 0.1) is 29.1 Å². The highest BCUT2D eigenvalue weighted by atomic mass is 16.3. The smallest absolute Gasteiger partial charge is 0.287 e. The summed E-state index contributed by atoms with van der Waals surface area (Å²) in [5.74, 6) is 1.33. The molecule has 0 aliphatic heterocycles. The van der Waals surface area contributed by atoms with Crippen molar-refractivity contribution in [2.75, 3.05) is 0 Å². The van der Waals surface area contributed by atoms with Crippen LogP contribution in [-0.2, 0) is 9.59 Å². The Labute approximate surface area is 171 Å². The number of amides is 3. The van der Waals surface area contributed by atoms with Crippen molar-refractivity contribution in [2.24, 2.45) is 29.1 Å². The van der Waals surface area contributed by atoms with E-state index >= 15 is 0 Å². The molecule has 4 aliphatic carbocycles. The summed E-state index contributed by atoms with van der Waals surface area (Å²) in [5.41, 5.74) is 5.22. The quantitative estimate of drug-likeness (QED) is 0.638. The Balaban J connectivity index is 1.29. The van der Waals surface area contributed by atoms with Gasteiger partial charge in [0.2, 0.25) is 5.91 Å². The van der Waals surface area contributed by atoms with E-state index in [0.717, 1.165) is 37.0 Å². The minimum absolute atomic E-state index is 0.120. The second-order valence-electron chi connectivity index (χ2n) is 9.80. The summed E-state index contributed by atoms with van der Waals surface area (Å²) in [5, 5.41) is 2.67. The maximum absolute atomic E-state index is 12.6. The lowest BCUT2D eigenvalue weighted by atomic mass is 9.49. The number of hydrazine groups is 1. The van der Waals surface area contributed by atoms with Crippen LogP contribution in [0.15, 0.2) is 22.8 Å². The van der Waals surface area contributed by atoms with Crippen molar-refractivity contribution in [3.8, 4) is 0 Å². The van der Waals surface area contributed by atoms with Crippen molar-refractivity contribution in [1.29, 1.82) is 0 Å². The molecule has 7 heteroatoms. The Bertz CT molecular complexity index is 736. The summed E-state index contributed by atoms with van der Waals surface area (Å²) in [4.78, 5) is 37.4. The van der Waals surface area contributed by atoms with Gasteiger partial charge in [0, 0.05) is 6.42 Å². The highest BCUT2D eigenvalue weighted by Crippen LogP contribution is 2.61. The van der Waals surface area contributed by atoms with E-state index < -0.39 is 17.9 Å². The normalized spacial score (nSPS) is 30.8. The number of carbonyl (C=O) groups is 3. The summed E-state index contributed by atoms with van der Waals surface area (Å²) in [7, 11) is 0. The van der Waals surface area contributed by atoms with Crippen molar-refractivity contribution < 1.29 is 18.8 Å². The van der Waals surface area contributed by atoms with Gasteiger partial charge in [-0.1, -0.05) is 13.8 Å². The number of hydrogen-bond acceptors (Lipinski definition) is 4. The van der Waals surface area contributed by atoms with Gasteiger partial charge in [0.05, 0.1) is 6.26 Å². The minimum Gasteiger partial charge on any atom is -0.459 e. The number of hydrogen-bond donors (Lipinski definition) is 3. The Morgan fingerprint density at radius 2 is 1.69 bits per heavy atom. The molecule has 4 saturated carbocycles. The first-order valence-electron chi connectivity index (χ1n) is 10.8. The SMILES string of the molecule is CC(C)[C@H](NC(=O)c1ccco1)C(=O)NNC(=O)CC12CC3CC(CC(C3)C1)C2. The van der Waals surface area contributed by atoms with E-state index in [1.807, 2.05) is 13.8 Å². The zero-order valence-corrected chi connectivity index (χ0v) is 17.2. The molecule has 1 aromatic rings. The van der Waals surface area contributed by atoms with Gasteiger partial charge in [-0.05, 0) is 79.7 Å². The fourth-order valence-corrected chi connectivity index (χ4v) is 6.26. The average molecular weight is 402 g/mol. The van der Waals surface area contributed by atoms with Gasteiger partial charge in [-0.3, -0.25) is 25.2 Å². The summed E-state index contributed by atoms with van der Waals surface area (Å²) in [6.07, 6.45) is 9.33. The van der Waals surface area contributed by atoms with Crippen molar-refractivity contribution in [2.45, 2.75) is 64.8 Å². The molecule has 3 amide bonds. The minimum atomic E-state index is -0.771. The van der Waals surface area contributed by atoms with E-state index in [4.69, 9.17) is 4.42 Å². The molecule has 4 bridgehead atoms. The topological polar surface area (TPSA) is 100 Å². The second kappa shape index (κ2) is 7.84. The highest BCUT2D eigenvalue weighted by Gasteiger charge is 2.51. The van der Waals surface area contributed by atoms with Gasteiger partial charge in [0.25, 0.3) is 11.8 Å². The first kappa shape index (κ1) is 20.0. The molecule has 1 aromatic heterocycles. The van der Waals surface area contributed by atoms with E-state index in [1.54, 1.807) is 6.07 Å². The lowest BCUT2D eigenvalue weighted by Gasteiger charge is -2.56. The van der Waals surface area contributed by atoms with E-state index in [9.17, 15) is 14.4 Å². The molecule has 1 atom stereocenters. The zero-order chi connectivity index (χ0) is 20.6. The molecule has 0 aromatic carbocycles. The highest BCUT2D eigenvalue weighted by molar-refractivity contribution is 5.96. The first-order valence-corrected chi connectivity index (χ1v) is 10.8. The molecule has 5 rings (SSSR count). The molecule has 158 valence electrons. The predicted molar refractivity (Wildman–Crippen MR) is 106 cm³/mol. The van der Waals surface area contributed by atoms with Crippen molar-refractivity contribution >= 4 is 17.7 Å². The summed E-state index contributed by atoms with van der Waals surface area (Å²) >= 11 is 0. The van der Waals surface area contributed by atoms with Crippen LogP contribution >= 0.6 is 0 Å².